The Bertz CT molecular complexity index is 864. The summed E-state index contributed by atoms with van der Waals surface area (Å²) in [6.07, 6.45) is 0. The summed E-state index contributed by atoms with van der Waals surface area (Å²) in [6, 6.07) is 10.2. The van der Waals surface area contributed by atoms with Gasteiger partial charge in [0, 0.05) is 5.69 Å². The van der Waals surface area contributed by atoms with Gasteiger partial charge >= 0.3 is 0 Å². The third-order valence-corrected chi connectivity index (χ3v) is 6.10. The first-order valence-corrected chi connectivity index (χ1v) is 9.59. The highest BCUT2D eigenvalue weighted by Crippen LogP contribution is 2.33. The van der Waals surface area contributed by atoms with Gasteiger partial charge in [0.15, 0.2) is 0 Å². The average molecular weight is 357 g/mol. The number of para-hydroxylation sites is 1. The second-order valence-corrected chi connectivity index (χ2v) is 8.01. The second-order valence-electron chi connectivity index (χ2n) is 6.06. The number of thiophene rings is 1. The molecule has 24 heavy (non-hydrogen) atoms. The van der Waals surface area contributed by atoms with Gasteiger partial charge in [0.1, 0.15) is 9.88 Å². The van der Waals surface area contributed by atoms with Crippen LogP contribution in [-0.2, 0) is 0 Å². The first-order chi connectivity index (χ1) is 11.5. The number of hydrogen-bond acceptors (Lipinski definition) is 4. The molecule has 0 saturated heterocycles. The molecule has 0 bridgehead atoms. The predicted molar refractivity (Wildman–Crippen MR) is 103 cm³/mol. The van der Waals surface area contributed by atoms with E-state index in [1.54, 1.807) is 11.3 Å². The summed E-state index contributed by atoms with van der Waals surface area (Å²) in [6.45, 7) is 8.19. The molecule has 3 aromatic rings. The van der Waals surface area contributed by atoms with Gasteiger partial charge < -0.3 is 5.32 Å². The fraction of sp³-hybridized carbons (Fsp3) is 0.263. The number of thiazole rings is 1. The molecule has 2 heterocycles. The highest BCUT2D eigenvalue weighted by Gasteiger charge is 2.19. The first-order valence-electron chi connectivity index (χ1n) is 7.89. The third-order valence-electron chi connectivity index (χ3n) is 3.90. The molecule has 0 aliphatic rings. The standard InChI is InChI=1S/C19H20N2OS2/c1-11(2)14-8-5-7-12(3)16(14)21-18(22)17-13(4)20-19(24-17)15-9-6-10-23-15/h5-11H,1-4H3,(H,21,22). The number of carbonyl (C=O) groups excluding carboxylic acids is 1. The van der Waals surface area contributed by atoms with Gasteiger partial charge in [-0.25, -0.2) is 4.98 Å². The summed E-state index contributed by atoms with van der Waals surface area (Å²) in [4.78, 5) is 19.1. The maximum Gasteiger partial charge on any atom is 0.267 e. The van der Waals surface area contributed by atoms with E-state index in [2.05, 4.69) is 30.2 Å². The minimum absolute atomic E-state index is 0.0796. The number of nitrogens with zero attached hydrogens (tertiary/aromatic N) is 1. The predicted octanol–water partition coefficient (Wildman–Crippen LogP) is 5.86. The number of amides is 1. The fourth-order valence-corrected chi connectivity index (χ4v) is 4.38. The zero-order chi connectivity index (χ0) is 17.3. The van der Waals surface area contributed by atoms with E-state index in [0.29, 0.717) is 10.8 Å². The van der Waals surface area contributed by atoms with Crippen molar-refractivity contribution < 1.29 is 4.79 Å². The molecular formula is C19H20N2OS2. The Labute approximate surface area is 150 Å². The summed E-state index contributed by atoms with van der Waals surface area (Å²) in [5.41, 5.74) is 3.93. The van der Waals surface area contributed by atoms with E-state index in [1.165, 1.54) is 11.3 Å². The lowest BCUT2D eigenvalue weighted by Gasteiger charge is -2.16. The average Bonchev–Trinajstić information content (AvgIpc) is 3.18. The molecule has 0 atom stereocenters. The first kappa shape index (κ1) is 16.9. The Morgan fingerprint density at radius 3 is 2.62 bits per heavy atom. The molecule has 1 N–H and O–H groups in total. The smallest absolute Gasteiger partial charge is 0.267 e. The van der Waals surface area contributed by atoms with Gasteiger partial charge in [0.25, 0.3) is 5.91 Å². The second kappa shape index (κ2) is 6.87. The Morgan fingerprint density at radius 2 is 1.96 bits per heavy atom. The maximum absolute atomic E-state index is 12.8. The van der Waals surface area contributed by atoms with E-state index >= 15 is 0 Å². The van der Waals surface area contributed by atoms with Crippen LogP contribution in [0.2, 0.25) is 0 Å². The highest BCUT2D eigenvalue weighted by atomic mass is 32.1. The van der Waals surface area contributed by atoms with Crippen LogP contribution in [0.5, 0.6) is 0 Å². The zero-order valence-electron chi connectivity index (χ0n) is 14.2. The molecule has 0 spiro atoms. The van der Waals surface area contributed by atoms with Crippen LogP contribution in [0.1, 0.15) is 46.3 Å². The summed E-state index contributed by atoms with van der Waals surface area (Å²) < 4.78 is 0. The lowest BCUT2D eigenvalue weighted by Crippen LogP contribution is -2.14. The van der Waals surface area contributed by atoms with Crippen LogP contribution >= 0.6 is 22.7 Å². The molecule has 3 rings (SSSR count). The van der Waals surface area contributed by atoms with Crippen molar-refractivity contribution in [1.82, 2.24) is 4.98 Å². The Kier molecular flexibility index (Phi) is 4.83. The van der Waals surface area contributed by atoms with E-state index in [-0.39, 0.29) is 5.91 Å². The molecule has 0 unspecified atom stereocenters. The molecule has 1 aromatic carbocycles. The minimum Gasteiger partial charge on any atom is -0.321 e. The van der Waals surface area contributed by atoms with Crippen molar-refractivity contribution in [3.8, 4) is 9.88 Å². The quantitative estimate of drug-likeness (QED) is 0.636. The fourth-order valence-electron chi connectivity index (χ4n) is 2.63. The number of aryl methyl sites for hydroxylation is 2. The van der Waals surface area contributed by atoms with Crippen LogP contribution < -0.4 is 5.32 Å². The Balaban J connectivity index is 1.92. The van der Waals surface area contributed by atoms with Crippen LogP contribution in [-0.4, -0.2) is 10.9 Å². The lowest BCUT2D eigenvalue weighted by atomic mass is 9.98. The van der Waals surface area contributed by atoms with Gasteiger partial charge in [-0.05, 0) is 42.3 Å². The van der Waals surface area contributed by atoms with Crippen molar-refractivity contribution in [3.63, 3.8) is 0 Å². The number of carbonyl (C=O) groups is 1. The number of nitrogens with one attached hydrogen (secondary N) is 1. The van der Waals surface area contributed by atoms with Gasteiger partial charge in [-0.1, -0.05) is 38.1 Å². The van der Waals surface area contributed by atoms with E-state index in [9.17, 15) is 4.79 Å². The normalized spacial score (nSPS) is 11.0. The van der Waals surface area contributed by atoms with E-state index in [1.807, 2.05) is 43.5 Å². The van der Waals surface area contributed by atoms with Crippen molar-refractivity contribution in [2.45, 2.75) is 33.6 Å². The van der Waals surface area contributed by atoms with Crippen LogP contribution in [0.15, 0.2) is 35.7 Å². The van der Waals surface area contributed by atoms with Crippen molar-refractivity contribution in [2.75, 3.05) is 5.32 Å². The summed E-state index contributed by atoms with van der Waals surface area (Å²) >= 11 is 3.09. The number of anilines is 1. The molecule has 3 nitrogen and oxygen atoms in total. The van der Waals surface area contributed by atoms with Gasteiger partial charge in [0.2, 0.25) is 0 Å². The number of hydrogen-bond donors (Lipinski definition) is 1. The number of rotatable bonds is 4. The molecule has 0 aliphatic carbocycles. The summed E-state index contributed by atoms with van der Waals surface area (Å²) in [7, 11) is 0. The topological polar surface area (TPSA) is 42.0 Å². The Hall–Kier alpha value is -1.98. The largest absolute Gasteiger partial charge is 0.321 e. The summed E-state index contributed by atoms with van der Waals surface area (Å²) in [5.74, 6) is 0.272. The minimum atomic E-state index is -0.0796. The van der Waals surface area contributed by atoms with E-state index in [0.717, 1.165) is 32.4 Å². The molecular weight excluding hydrogens is 336 g/mol. The maximum atomic E-state index is 12.8. The van der Waals surface area contributed by atoms with Crippen LogP contribution in [0, 0.1) is 13.8 Å². The van der Waals surface area contributed by atoms with Gasteiger partial charge in [-0.15, -0.1) is 22.7 Å². The van der Waals surface area contributed by atoms with Crippen LogP contribution in [0.25, 0.3) is 9.88 Å². The van der Waals surface area contributed by atoms with Gasteiger partial charge in [-0.2, -0.15) is 0 Å². The molecule has 0 fully saturated rings. The van der Waals surface area contributed by atoms with Crippen molar-refractivity contribution in [3.05, 3.63) is 57.4 Å². The molecule has 0 radical (unpaired) electrons. The molecule has 0 aliphatic heterocycles. The van der Waals surface area contributed by atoms with Crippen LogP contribution in [0.3, 0.4) is 0 Å². The monoisotopic (exact) mass is 356 g/mol. The molecule has 124 valence electrons. The van der Waals surface area contributed by atoms with Crippen molar-refractivity contribution >= 4 is 34.3 Å². The number of aromatic nitrogens is 1. The summed E-state index contributed by atoms with van der Waals surface area (Å²) in [5, 5.41) is 6.04. The highest BCUT2D eigenvalue weighted by molar-refractivity contribution is 7.22. The number of benzene rings is 1. The zero-order valence-corrected chi connectivity index (χ0v) is 15.8. The molecule has 0 saturated carbocycles. The van der Waals surface area contributed by atoms with E-state index in [4.69, 9.17) is 0 Å². The molecule has 5 heteroatoms. The van der Waals surface area contributed by atoms with Crippen molar-refractivity contribution in [1.29, 1.82) is 0 Å². The van der Waals surface area contributed by atoms with Crippen LogP contribution in [0.4, 0.5) is 5.69 Å². The lowest BCUT2D eigenvalue weighted by molar-refractivity contribution is 0.102. The van der Waals surface area contributed by atoms with Gasteiger partial charge in [-0.3, -0.25) is 4.79 Å². The van der Waals surface area contributed by atoms with E-state index < -0.39 is 0 Å². The molecule has 2 aromatic heterocycles. The molecule has 1 amide bonds. The Morgan fingerprint density at radius 1 is 1.17 bits per heavy atom. The van der Waals surface area contributed by atoms with Crippen molar-refractivity contribution in [2.24, 2.45) is 0 Å². The van der Waals surface area contributed by atoms with Gasteiger partial charge in [0.05, 0.1) is 10.6 Å². The SMILES string of the molecule is Cc1cccc(C(C)C)c1NC(=O)c1sc(-c2cccs2)nc1C. The third kappa shape index (κ3) is 3.28.